The van der Waals surface area contributed by atoms with Crippen LogP contribution in [0.15, 0.2) is 48.4 Å². The minimum atomic E-state index is 0.136. The lowest BCUT2D eigenvalue weighted by atomic mass is 10.0. The molecule has 2 heterocycles. The van der Waals surface area contributed by atoms with E-state index in [0.717, 1.165) is 29.7 Å². The van der Waals surface area contributed by atoms with Crippen molar-refractivity contribution in [2.75, 3.05) is 13.7 Å². The molecule has 1 aliphatic rings. The Morgan fingerprint density at radius 3 is 3.06 bits per heavy atom. The number of hydrogen-bond acceptors (Lipinski definition) is 3. The van der Waals surface area contributed by atoms with E-state index in [1.165, 1.54) is 5.56 Å². The largest absolute Gasteiger partial charge is 0.496 e. The molecule has 3 heteroatoms. The van der Waals surface area contributed by atoms with Crippen molar-refractivity contribution >= 4 is 10.9 Å². The number of pyridine rings is 1. The monoisotopic (exact) mass is 240 g/mol. The van der Waals surface area contributed by atoms with Crippen LogP contribution < -0.4 is 5.32 Å². The van der Waals surface area contributed by atoms with E-state index >= 15 is 0 Å². The quantitative estimate of drug-likeness (QED) is 0.895. The Morgan fingerprint density at radius 1 is 1.33 bits per heavy atom. The predicted octanol–water partition coefficient (Wildman–Crippen LogP) is 2.80. The number of hydrogen-bond donors (Lipinski definition) is 1. The standard InChI is InChI=1S/C15H16N2O/c1-16-15(14-5-3-9-18-14)12-6-7-13-11(10-12)4-2-8-17-13/h2,4-8,10,15-16H,3,9H2,1H3. The first kappa shape index (κ1) is 11.2. The first-order valence-corrected chi connectivity index (χ1v) is 6.23. The normalized spacial score (nSPS) is 16.4. The second-order valence-corrected chi connectivity index (χ2v) is 4.42. The van der Waals surface area contributed by atoms with E-state index in [-0.39, 0.29) is 6.04 Å². The van der Waals surface area contributed by atoms with Gasteiger partial charge in [-0.1, -0.05) is 12.1 Å². The van der Waals surface area contributed by atoms with Crippen molar-refractivity contribution in [3.63, 3.8) is 0 Å². The van der Waals surface area contributed by atoms with Crippen molar-refractivity contribution in [3.05, 3.63) is 53.9 Å². The Balaban J connectivity index is 2.01. The molecule has 1 N–H and O–H groups in total. The molecule has 0 bridgehead atoms. The molecule has 0 fully saturated rings. The molecular weight excluding hydrogens is 224 g/mol. The van der Waals surface area contributed by atoms with Crippen molar-refractivity contribution in [1.82, 2.24) is 10.3 Å². The molecule has 0 aliphatic carbocycles. The van der Waals surface area contributed by atoms with Crippen LogP contribution >= 0.6 is 0 Å². The molecule has 0 spiro atoms. The maximum atomic E-state index is 5.66. The molecule has 3 rings (SSSR count). The van der Waals surface area contributed by atoms with E-state index in [2.05, 4.69) is 40.6 Å². The number of nitrogens with zero attached hydrogens (tertiary/aromatic N) is 1. The smallest absolute Gasteiger partial charge is 0.114 e. The molecule has 1 unspecified atom stereocenters. The summed E-state index contributed by atoms with van der Waals surface area (Å²) in [6, 6.07) is 10.5. The zero-order chi connectivity index (χ0) is 12.4. The van der Waals surface area contributed by atoms with Crippen LogP contribution in [0.25, 0.3) is 10.9 Å². The zero-order valence-corrected chi connectivity index (χ0v) is 10.4. The van der Waals surface area contributed by atoms with Gasteiger partial charge in [-0.3, -0.25) is 4.98 Å². The Bertz CT molecular complexity index is 592. The average Bonchev–Trinajstić information content (AvgIpc) is 2.93. The average molecular weight is 240 g/mol. The first-order chi connectivity index (χ1) is 8.88. The molecule has 0 radical (unpaired) electrons. The van der Waals surface area contributed by atoms with Gasteiger partial charge in [-0.15, -0.1) is 0 Å². The summed E-state index contributed by atoms with van der Waals surface area (Å²) in [5.41, 5.74) is 2.24. The molecule has 1 atom stereocenters. The minimum absolute atomic E-state index is 0.136. The molecule has 1 aliphatic heterocycles. The van der Waals surface area contributed by atoms with Crippen molar-refractivity contribution in [2.24, 2.45) is 0 Å². The number of aromatic nitrogens is 1. The van der Waals surface area contributed by atoms with Gasteiger partial charge in [-0.05, 0) is 36.9 Å². The van der Waals surface area contributed by atoms with Gasteiger partial charge < -0.3 is 10.1 Å². The lowest BCUT2D eigenvalue weighted by Gasteiger charge is -2.18. The third-order valence-electron chi connectivity index (χ3n) is 3.27. The van der Waals surface area contributed by atoms with Crippen LogP contribution in [0.5, 0.6) is 0 Å². The minimum Gasteiger partial charge on any atom is -0.496 e. The molecule has 18 heavy (non-hydrogen) atoms. The van der Waals surface area contributed by atoms with E-state index < -0.39 is 0 Å². The summed E-state index contributed by atoms with van der Waals surface area (Å²) in [6.45, 7) is 0.794. The van der Waals surface area contributed by atoms with Gasteiger partial charge in [0.15, 0.2) is 0 Å². The molecule has 0 saturated heterocycles. The van der Waals surface area contributed by atoms with Gasteiger partial charge in [0.25, 0.3) is 0 Å². The van der Waals surface area contributed by atoms with E-state index in [9.17, 15) is 0 Å². The van der Waals surface area contributed by atoms with Gasteiger partial charge in [-0.2, -0.15) is 0 Å². The second kappa shape index (κ2) is 4.78. The lowest BCUT2D eigenvalue weighted by molar-refractivity contribution is 0.218. The van der Waals surface area contributed by atoms with Crippen molar-refractivity contribution < 1.29 is 4.74 Å². The van der Waals surface area contributed by atoms with Crippen molar-refractivity contribution in [1.29, 1.82) is 0 Å². The number of nitrogens with one attached hydrogen (secondary N) is 1. The molecule has 0 saturated carbocycles. The maximum Gasteiger partial charge on any atom is 0.114 e. The lowest BCUT2D eigenvalue weighted by Crippen LogP contribution is -2.19. The highest BCUT2D eigenvalue weighted by Crippen LogP contribution is 2.27. The fraction of sp³-hybridized carbons (Fsp3) is 0.267. The highest BCUT2D eigenvalue weighted by Gasteiger charge is 2.19. The van der Waals surface area contributed by atoms with Crippen LogP contribution in [0.4, 0.5) is 0 Å². The van der Waals surface area contributed by atoms with Crippen LogP contribution in [0.3, 0.4) is 0 Å². The summed E-state index contributed by atoms with van der Waals surface area (Å²) in [6.07, 6.45) is 4.98. The molecule has 2 aromatic rings. The summed E-state index contributed by atoms with van der Waals surface area (Å²) in [4.78, 5) is 4.34. The summed E-state index contributed by atoms with van der Waals surface area (Å²) in [5, 5.41) is 4.47. The third-order valence-corrected chi connectivity index (χ3v) is 3.27. The van der Waals surface area contributed by atoms with Crippen LogP contribution in [-0.4, -0.2) is 18.6 Å². The van der Waals surface area contributed by atoms with Gasteiger partial charge in [0.2, 0.25) is 0 Å². The van der Waals surface area contributed by atoms with E-state index in [4.69, 9.17) is 4.74 Å². The van der Waals surface area contributed by atoms with Crippen LogP contribution in [0, 0.1) is 0 Å². The zero-order valence-electron chi connectivity index (χ0n) is 10.4. The van der Waals surface area contributed by atoms with Gasteiger partial charge in [0.05, 0.1) is 18.2 Å². The molecule has 0 amide bonds. The van der Waals surface area contributed by atoms with Crippen LogP contribution in [0.2, 0.25) is 0 Å². The second-order valence-electron chi connectivity index (χ2n) is 4.42. The number of ether oxygens (including phenoxy) is 1. The maximum absolute atomic E-state index is 5.66. The van der Waals surface area contributed by atoms with Crippen molar-refractivity contribution in [2.45, 2.75) is 12.5 Å². The summed E-state index contributed by atoms with van der Waals surface area (Å²) < 4.78 is 5.66. The Kier molecular flexibility index (Phi) is 2.99. The van der Waals surface area contributed by atoms with Gasteiger partial charge in [0, 0.05) is 18.0 Å². The summed E-state index contributed by atoms with van der Waals surface area (Å²) in [7, 11) is 1.96. The SMILES string of the molecule is CNC(C1=CCCO1)c1ccc2ncccc2c1. The Morgan fingerprint density at radius 2 is 2.28 bits per heavy atom. The summed E-state index contributed by atoms with van der Waals surface area (Å²) >= 11 is 0. The molecular formula is C15H16N2O. The molecule has 3 nitrogen and oxygen atoms in total. The van der Waals surface area contributed by atoms with Gasteiger partial charge >= 0.3 is 0 Å². The third kappa shape index (κ3) is 1.97. The number of fused-ring (bicyclic) bond motifs is 1. The van der Waals surface area contributed by atoms with Gasteiger partial charge in [-0.25, -0.2) is 0 Å². The molecule has 1 aromatic heterocycles. The van der Waals surface area contributed by atoms with E-state index in [1.54, 1.807) is 0 Å². The van der Waals surface area contributed by atoms with Crippen LogP contribution in [0.1, 0.15) is 18.0 Å². The first-order valence-electron chi connectivity index (χ1n) is 6.23. The fourth-order valence-corrected chi connectivity index (χ4v) is 2.38. The Labute approximate surface area is 106 Å². The number of rotatable bonds is 3. The fourth-order valence-electron chi connectivity index (χ4n) is 2.38. The Hall–Kier alpha value is -1.87. The summed E-state index contributed by atoms with van der Waals surface area (Å²) in [5.74, 6) is 1.03. The van der Waals surface area contributed by atoms with E-state index in [1.807, 2.05) is 19.3 Å². The van der Waals surface area contributed by atoms with Crippen molar-refractivity contribution in [3.8, 4) is 0 Å². The highest BCUT2D eigenvalue weighted by molar-refractivity contribution is 5.79. The highest BCUT2D eigenvalue weighted by atomic mass is 16.5. The topological polar surface area (TPSA) is 34.1 Å². The predicted molar refractivity (Wildman–Crippen MR) is 72.2 cm³/mol. The van der Waals surface area contributed by atoms with E-state index in [0.29, 0.717) is 0 Å². The molecule has 92 valence electrons. The number of benzene rings is 1. The number of likely N-dealkylation sites (N-methyl/N-ethyl adjacent to an activating group) is 1. The van der Waals surface area contributed by atoms with Gasteiger partial charge in [0.1, 0.15) is 5.76 Å². The molecule has 1 aromatic carbocycles. The van der Waals surface area contributed by atoms with Crippen LogP contribution in [-0.2, 0) is 4.74 Å².